The number of hydrogen-bond acceptors (Lipinski definition) is 6. The molecule has 33 heavy (non-hydrogen) atoms. The monoisotopic (exact) mass is 490 g/mol. The Balaban J connectivity index is 0.00000193. The van der Waals surface area contributed by atoms with Crippen LogP contribution in [0.3, 0.4) is 0 Å². The number of aryl methyl sites for hydroxylation is 2. The number of rotatable bonds is 7. The maximum atomic E-state index is 13.4. The van der Waals surface area contributed by atoms with E-state index in [4.69, 9.17) is 11.5 Å². The maximum absolute atomic E-state index is 13.4. The molecule has 0 spiro atoms. The third-order valence-corrected chi connectivity index (χ3v) is 5.76. The van der Waals surface area contributed by atoms with Crippen molar-refractivity contribution < 1.29 is 4.79 Å². The molecule has 1 unspecified atom stereocenters. The SMILES string of the molecule is Cc1nc(N)ccc1CN(CCc1ccccc1)c1ncc2n(c1=O)C(C(N)=O)CC2.Cl.Cl. The van der Waals surface area contributed by atoms with Crippen LogP contribution >= 0.6 is 24.8 Å². The van der Waals surface area contributed by atoms with E-state index >= 15 is 0 Å². The van der Waals surface area contributed by atoms with Crippen molar-refractivity contribution in [2.45, 2.75) is 38.8 Å². The maximum Gasteiger partial charge on any atom is 0.294 e. The number of benzene rings is 1. The Morgan fingerprint density at radius 1 is 1.18 bits per heavy atom. The highest BCUT2D eigenvalue weighted by atomic mass is 35.5. The van der Waals surface area contributed by atoms with E-state index in [-0.39, 0.29) is 30.4 Å². The normalized spacial score (nSPS) is 14.0. The number of carbonyl (C=O) groups is 1. The molecule has 1 aromatic carbocycles. The van der Waals surface area contributed by atoms with E-state index in [0.29, 0.717) is 37.6 Å². The molecule has 1 aliphatic rings. The van der Waals surface area contributed by atoms with Crippen molar-refractivity contribution in [1.82, 2.24) is 14.5 Å². The van der Waals surface area contributed by atoms with E-state index in [2.05, 4.69) is 22.1 Å². The molecule has 10 heteroatoms. The molecule has 1 amide bonds. The number of nitrogens with two attached hydrogens (primary N) is 2. The van der Waals surface area contributed by atoms with Crippen molar-refractivity contribution in [3.63, 3.8) is 0 Å². The smallest absolute Gasteiger partial charge is 0.294 e. The largest absolute Gasteiger partial charge is 0.384 e. The summed E-state index contributed by atoms with van der Waals surface area (Å²) in [6, 6.07) is 13.1. The predicted octanol–water partition coefficient (Wildman–Crippen LogP) is 2.59. The zero-order valence-electron chi connectivity index (χ0n) is 18.3. The fourth-order valence-corrected chi connectivity index (χ4v) is 4.07. The molecule has 3 aromatic rings. The first-order valence-electron chi connectivity index (χ1n) is 10.3. The number of pyridine rings is 1. The summed E-state index contributed by atoms with van der Waals surface area (Å²) < 4.78 is 1.51. The van der Waals surface area contributed by atoms with Crippen LogP contribution in [-0.4, -0.2) is 27.0 Å². The highest BCUT2D eigenvalue weighted by Crippen LogP contribution is 2.24. The zero-order chi connectivity index (χ0) is 22.0. The van der Waals surface area contributed by atoms with Crippen LogP contribution in [0.2, 0.25) is 0 Å². The Kier molecular flexibility index (Phi) is 8.84. The van der Waals surface area contributed by atoms with Gasteiger partial charge in [0.2, 0.25) is 5.91 Å². The molecule has 4 N–H and O–H groups in total. The second kappa shape index (κ2) is 11.2. The molecule has 4 rings (SSSR count). The lowest BCUT2D eigenvalue weighted by atomic mass is 10.1. The number of aromatic nitrogens is 3. The molecule has 2 aromatic heterocycles. The average Bonchev–Trinajstić information content (AvgIpc) is 3.19. The molecule has 8 nitrogen and oxygen atoms in total. The number of amides is 1. The third kappa shape index (κ3) is 5.64. The Morgan fingerprint density at radius 2 is 1.91 bits per heavy atom. The zero-order valence-corrected chi connectivity index (χ0v) is 19.9. The van der Waals surface area contributed by atoms with Gasteiger partial charge in [0.25, 0.3) is 5.56 Å². The number of hydrogen-bond donors (Lipinski definition) is 2. The number of anilines is 2. The number of nitrogens with zero attached hydrogens (tertiary/aromatic N) is 4. The van der Waals surface area contributed by atoms with Crippen molar-refractivity contribution in [2.75, 3.05) is 17.2 Å². The first kappa shape index (κ1) is 26.2. The lowest BCUT2D eigenvalue weighted by molar-refractivity contribution is -0.121. The van der Waals surface area contributed by atoms with E-state index in [0.717, 1.165) is 28.9 Å². The summed E-state index contributed by atoms with van der Waals surface area (Å²) in [5.74, 6) is 0.272. The molecule has 176 valence electrons. The quantitative estimate of drug-likeness (QED) is 0.524. The van der Waals surface area contributed by atoms with Gasteiger partial charge in [-0.25, -0.2) is 9.97 Å². The van der Waals surface area contributed by atoms with Crippen LogP contribution in [0.1, 0.15) is 35.0 Å². The van der Waals surface area contributed by atoms with Crippen LogP contribution < -0.4 is 21.9 Å². The topological polar surface area (TPSA) is 120 Å². The summed E-state index contributed by atoms with van der Waals surface area (Å²) in [6.07, 6.45) is 3.57. The molecule has 0 bridgehead atoms. The van der Waals surface area contributed by atoms with Crippen LogP contribution in [0, 0.1) is 6.92 Å². The van der Waals surface area contributed by atoms with Crippen LogP contribution in [-0.2, 0) is 24.2 Å². The average molecular weight is 491 g/mol. The molecule has 0 saturated carbocycles. The van der Waals surface area contributed by atoms with Gasteiger partial charge in [-0.05, 0) is 43.4 Å². The van der Waals surface area contributed by atoms with Gasteiger partial charge in [-0.1, -0.05) is 36.4 Å². The minimum atomic E-state index is -0.625. The summed E-state index contributed by atoms with van der Waals surface area (Å²) >= 11 is 0. The number of halogens is 2. The van der Waals surface area contributed by atoms with Gasteiger partial charge < -0.3 is 16.4 Å². The Bertz CT molecular complexity index is 1170. The number of fused-ring (bicyclic) bond motifs is 1. The summed E-state index contributed by atoms with van der Waals surface area (Å²) in [7, 11) is 0. The fraction of sp³-hybridized carbons (Fsp3) is 0.304. The van der Waals surface area contributed by atoms with Gasteiger partial charge in [0.05, 0.1) is 0 Å². The fourth-order valence-electron chi connectivity index (χ4n) is 4.07. The molecular weight excluding hydrogens is 463 g/mol. The minimum Gasteiger partial charge on any atom is -0.384 e. The van der Waals surface area contributed by atoms with Crippen LogP contribution in [0.25, 0.3) is 0 Å². The van der Waals surface area contributed by atoms with Crippen molar-refractivity contribution >= 4 is 42.4 Å². The molecule has 0 saturated heterocycles. The van der Waals surface area contributed by atoms with Gasteiger partial charge in [0.1, 0.15) is 11.9 Å². The number of primary amides is 1. The second-order valence-electron chi connectivity index (χ2n) is 7.84. The standard InChI is InChI=1S/C23H26N6O2.2ClH/c1-15-17(7-10-20(24)27-15)14-28(12-11-16-5-3-2-4-6-16)22-23(31)29-18(13-26-22)8-9-19(29)21(25)30;;/h2-7,10,13,19H,8-9,11-12,14H2,1H3,(H2,24,27)(H2,25,30);2*1H. The summed E-state index contributed by atoms with van der Waals surface area (Å²) in [5, 5.41) is 0. The minimum absolute atomic E-state index is 0. The van der Waals surface area contributed by atoms with Crippen LogP contribution in [0.15, 0.2) is 53.5 Å². The molecule has 3 heterocycles. The van der Waals surface area contributed by atoms with Crippen LogP contribution in [0.5, 0.6) is 0 Å². The lowest BCUT2D eigenvalue weighted by Crippen LogP contribution is -2.38. The van der Waals surface area contributed by atoms with E-state index in [1.54, 1.807) is 12.3 Å². The molecular formula is C23H28Cl2N6O2. The summed E-state index contributed by atoms with van der Waals surface area (Å²) in [6.45, 7) is 2.93. The molecule has 1 atom stereocenters. The van der Waals surface area contributed by atoms with E-state index in [1.165, 1.54) is 4.57 Å². The highest BCUT2D eigenvalue weighted by molar-refractivity contribution is 5.85. The second-order valence-corrected chi connectivity index (χ2v) is 7.84. The van der Waals surface area contributed by atoms with Gasteiger partial charge >= 0.3 is 0 Å². The Hall–Kier alpha value is -3.10. The number of carbonyl (C=O) groups excluding carboxylic acids is 1. The number of nitrogen functional groups attached to an aromatic ring is 1. The van der Waals surface area contributed by atoms with Gasteiger partial charge in [0.15, 0.2) is 5.82 Å². The van der Waals surface area contributed by atoms with Gasteiger partial charge in [-0.15, -0.1) is 24.8 Å². The van der Waals surface area contributed by atoms with E-state index in [1.807, 2.05) is 36.1 Å². The Labute approximate surface area is 204 Å². The first-order chi connectivity index (χ1) is 14.9. The highest BCUT2D eigenvalue weighted by Gasteiger charge is 2.30. The lowest BCUT2D eigenvalue weighted by Gasteiger charge is -2.25. The predicted molar refractivity (Wildman–Crippen MR) is 134 cm³/mol. The first-order valence-corrected chi connectivity index (χ1v) is 10.3. The summed E-state index contributed by atoms with van der Waals surface area (Å²) in [4.78, 5) is 36.0. The van der Waals surface area contributed by atoms with Crippen molar-refractivity contribution in [3.05, 3.63) is 81.5 Å². The van der Waals surface area contributed by atoms with Crippen molar-refractivity contribution in [2.24, 2.45) is 5.73 Å². The van der Waals surface area contributed by atoms with E-state index in [9.17, 15) is 9.59 Å². The van der Waals surface area contributed by atoms with Gasteiger partial charge in [0, 0.05) is 30.7 Å². The van der Waals surface area contributed by atoms with Gasteiger partial charge in [-0.3, -0.25) is 14.2 Å². The van der Waals surface area contributed by atoms with Crippen molar-refractivity contribution in [1.29, 1.82) is 0 Å². The van der Waals surface area contributed by atoms with Crippen molar-refractivity contribution in [3.8, 4) is 0 Å². The van der Waals surface area contributed by atoms with Gasteiger partial charge in [-0.2, -0.15) is 0 Å². The third-order valence-electron chi connectivity index (χ3n) is 5.76. The van der Waals surface area contributed by atoms with E-state index < -0.39 is 11.9 Å². The molecule has 0 fully saturated rings. The van der Waals surface area contributed by atoms with Crippen LogP contribution in [0.4, 0.5) is 11.6 Å². The molecule has 0 aliphatic carbocycles. The summed E-state index contributed by atoms with van der Waals surface area (Å²) in [5.41, 5.74) is 14.7. The molecule has 1 aliphatic heterocycles. The Morgan fingerprint density at radius 3 is 2.58 bits per heavy atom. The molecule has 0 radical (unpaired) electrons.